The Hall–Kier alpha value is -2.61. The van der Waals surface area contributed by atoms with Crippen LogP contribution < -0.4 is 9.47 Å². The maximum atomic E-state index is 13.3. The van der Waals surface area contributed by atoms with E-state index in [1.54, 1.807) is 6.08 Å². The van der Waals surface area contributed by atoms with Gasteiger partial charge in [0.25, 0.3) is 0 Å². The van der Waals surface area contributed by atoms with Crippen molar-refractivity contribution in [2.24, 2.45) is 11.8 Å². The number of fused-ring (bicyclic) bond motifs is 1. The highest BCUT2D eigenvalue weighted by Gasteiger charge is 2.58. The molecule has 8 N–H and O–H groups in total. The smallest absolute Gasteiger partial charge is 0.338 e. The second kappa shape index (κ2) is 13.2. The number of aliphatic hydroxyl groups excluding tert-OH is 7. The Morgan fingerprint density at radius 2 is 1.62 bits per heavy atom. The summed E-state index contributed by atoms with van der Waals surface area (Å²) in [5.74, 6) is -2.02. The zero-order valence-electron chi connectivity index (χ0n) is 24.7. The summed E-state index contributed by atoms with van der Waals surface area (Å²) in [5, 5.41) is 81.7. The number of rotatable bonds is 8. The van der Waals surface area contributed by atoms with E-state index < -0.39 is 104 Å². The molecule has 3 aliphatic heterocycles. The molecule has 0 aromatic heterocycles. The molecule has 0 spiro atoms. The largest absolute Gasteiger partial charge is 0.493 e. The molecule has 16 heteroatoms. The average Bonchev–Trinajstić information content (AvgIpc) is 3.28. The average molecular weight is 645 g/mol. The number of hydrogen-bond donors (Lipinski definition) is 8. The fourth-order valence-corrected chi connectivity index (χ4v) is 6.22. The zero-order valence-corrected chi connectivity index (χ0v) is 24.7. The van der Waals surface area contributed by atoms with E-state index in [0.717, 1.165) is 0 Å². The number of benzene rings is 1. The molecule has 1 aliphatic carbocycles. The monoisotopic (exact) mass is 644 g/mol. The van der Waals surface area contributed by atoms with Gasteiger partial charge in [0.1, 0.15) is 48.8 Å². The van der Waals surface area contributed by atoms with Crippen molar-refractivity contribution in [3.8, 4) is 11.5 Å². The van der Waals surface area contributed by atoms with Crippen LogP contribution in [0.5, 0.6) is 11.5 Å². The lowest BCUT2D eigenvalue weighted by Crippen LogP contribution is -2.60. The van der Waals surface area contributed by atoms with E-state index >= 15 is 0 Å². The predicted molar refractivity (Wildman–Crippen MR) is 146 cm³/mol. The van der Waals surface area contributed by atoms with Crippen LogP contribution in [0.1, 0.15) is 30.6 Å². The molecule has 4 aliphatic rings. The van der Waals surface area contributed by atoms with Gasteiger partial charge in [-0.05, 0) is 38.1 Å². The van der Waals surface area contributed by atoms with E-state index in [9.17, 15) is 45.6 Å². The van der Waals surface area contributed by atoms with Gasteiger partial charge in [0.2, 0.25) is 12.6 Å². The highest BCUT2D eigenvalue weighted by atomic mass is 16.8. The number of aliphatic hydroxyl groups is 8. The molecule has 0 bridgehead atoms. The van der Waals surface area contributed by atoms with Crippen LogP contribution in [0.25, 0.3) is 0 Å². The number of carbonyl (C=O) groups is 1. The molecule has 252 valence electrons. The first-order valence-electron chi connectivity index (χ1n) is 14.5. The second-order valence-corrected chi connectivity index (χ2v) is 11.9. The van der Waals surface area contributed by atoms with Crippen LogP contribution in [0.4, 0.5) is 0 Å². The number of esters is 1. The minimum atomic E-state index is -1.69. The summed E-state index contributed by atoms with van der Waals surface area (Å²) in [6, 6.07) is 4.12. The molecule has 2 saturated heterocycles. The molecule has 0 amide bonds. The van der Waals surface area contributed by atoms with Gasteiger partial charge < -0.3 is 74.0 Å². The van der Waals surface area contributed by atoms with Crippen molar-refractivity contribution in [2.45, 2.75) is 99.7 Å². The Bertz CT molecular complexity index is 1220. The summed E-state index contributed by atoms with van der Waals surface area (Å²) in [7, 11) is 1.33. The maximum Gasteiger partial charge on any atom is 0.338 e. The van der Waals surface area contributed by atoms with Gasteiger partial charge in [0.05, 0.1) is 43.2 Å². The first-order chi connectivity index (χ1) is 21.3. The lowest BCUT2D eigenvalue weighted by Gasteiger charge is -2.43. The quantitative estimate of drug-likeness (QED) is 0.136. The molecule has 15 unspecified atom stereocenters. The number of carbonyl (C=O) groups excluding carboxylic acids is 1. The standard InChI is InChI=1S/C29H40O16/c1-11-19(31)21(33)23(35)27(41-11)43-14-5-4-12(8-15(14)39-3)25(37)42-16-9-29(2,38)18-13(16)6-7-40-26(18)45-28-24(36)22(34)20(32)17(10-30)44-28/h4-8,11,13,16-24,26-28,30-36,38H,9-10H2,1-3H3. The second-order valence-electron chi connectivity index (χ2n) is 11.9. The van der Waals surface area contributed by atoms with Crippen LogP contribution in [0, 0.1) is 11.8 Å². The van der Waals surface area contributed by atoms with Crippen molar-refractivity contribution in [2.75, 3.05) is 13.7 Å². The summed E-state index contributed by atoms with van der Waals surface area (Å²) in [5.41, 5.74) is -1.42. The SMILES string of the molecule is COc1cc(C(=O)OC2CC(C)(O)C3C(OC4OC(CO)C(O)C(O)C4O)OC=CC23)ccc1OC1OC(C)C(O)C(O)C1O. The first-order valence-corrected chi connectivity index (χ1v) is 14.5. The molecule has 45 heavy (non-hydrogen) atoms. The Labute approximate surface area is 257 Å². The van der Waals surface area contributed by atoms with E-state index in [-0.39, 0.29) is 23.5 Å². The molecule has 15 atom stereocenters. The normalized spacial score (nSPS) is 44.5. The van der Waals surface area contributed by atoms with Crippen molar-refractivity contribution in [1.29, 1.82) is 0 Å². The fourth-order valence-electron chi connectivity index (χ4n) is 6.22. The topological polar surface area (TPSA) is 244 Å². The molecule has 16 nitrogen and oxygen atoms in total. The first kappa shape index (κ1) is 33.7. The number of ether oxygens (including phenoxy) is 7. The minimum absolute atomic E-state index is 0.0160. The molecule has 1 saturated carbocycles. The highest BCUT2D eigenvalue weighted by molar-refractivity contribution is 5.90. The van der Waals surface area contributed by atoms with Gasteiger partial charge in [-0.2, -0.15) is 0 Å². The summed E-state index contributed by atoms with van der Waals surface area (Å²) >= 11 is 0. The van der Waals surface area contributed by atoms with Crippen LogP contribution >= 0.6 is 0 Å². The fraction of sp³-hybridized carbons (Fsp3) is 0.690. The lowest BCUT2D eigenvalue weighted by molar-refractivity contribution is -0.346. The van der Waals surface area contributed by atoms with Crippen LogP contribution in [0.15, 0.2) is 30.5 Å². The van der Waals surface area contributed by atoms with Crippen LogP contribution in [-0.4, -0.2) is 140 Å². The molecule has 3 heterocycles. The third kappa shape index (κ3) is 6.50. The summed E-state index contributed by atoms with van der Waals surface area (Å²) in [6.07, 6.45) is -13.4. The molecule has 5 rings (SSSR count). The van der Waals surface area contributed by atoms with Gasteiger partial charge in [0.15, 0.2) is 17.8 Å². The Kier molecular flexibility index (Phi) is 9.93. The highest BCUT2D eigenvalue weighted by Crippen LogP contribution is 2.48. The van der Waals surface area contributed by atoms with Crippen molar-refractivity contribution in [1.82, 2.24) is 0 Å². The predicted octanol–water partition coefficient (Wildman–Crippen LogP) is -2.50. The van der Waals surface area contributed by atoms with E-state index in [0.29, 0.717) is 0 Å². The zero-order chi connectivity index (χ0) is 32.8. The molecule has 3 fully saturated rings. The Morgan fingerprint density at radius 1 is 0.933 bits per heavy atom. The summed E-state index contributed by atoms with van der Waals surface area (Å²) in [6.45, 7) is 2.37. The van der Waals surface area contributed by atoms with E-state index in [1.165, 1.54) is 45.4 Å². The minimum Gasteiger partial charge on any atom is -0.493 e. The lowest BCUT2D eigenvalue weighted by atomic mass is 9.85. The molecule has 0 radical (unpaired) electrons. The molecule has 1 aromatic rings. The van der Waals surface area contributed by atoms with Gasteiger partial charge in [0, 0.05) is 12.3 Å². The van der Waals surface area contributed by atoms with Gasteiger partial charge >= 0.3 is 5.97 Å². The van der Waals surface area contributed by atoms with Crippen molar-refractivity contribution < 1.29 is 78.8 Å². The van der Waals surface area contributed by atoms with Crippen molar-refractivity contribution in [3.63, 3.8) is 0 Å². The summed E-state index contributed by atoms with van der Waals surface area (Å²) < 4.78 is 39.1. The molecular formula is C29H40O16. The number of methoxy groups -OCH3 is 1. The maximum absolute atomic E-state index is 13.3. The van der Waals surface area contributed by atoms with Crippen LogP contribution in [-0.2, 0) is 23.7 Å². The van der Waals surface area contributed by atoms with Gasteiger partial charge in [-0.15, -0.1) is 0 Å². The van der Waals surface area contributed by atoms with Crippen molar-refractivity contribution in [3.05, 3.63) is 36.1 Å². The van der Waals surface area contributed by atoms with Gasteiger partial charge in [-0.3, -0.25) is 0 Å². The Balaban J connectivity index is 1.27. The van der Waals surface area contributed by atoms with E-state index in [1.807, 2.05) is 0 Å². The summed E-state index contributed by atoms with van der Waals surface area (Å²) in [4.78, 5) is 13.3. The number of hydrogen-bond acceptors (Lipinski definition) is 16. The van der Waals surface area contributed by atoms with E-state index in [4.69, 9.17) is 33.2 Å². The van der Waals surface area contributed by atoms with Gasteiger partial charge in [-0.25, -0.2) is 4.79 Å². The third-order valence-corrected chi connectivity index (χ3v) is 8.81. The molecular weight excluding hydrogens is 604 g/mol. The third-order valence-electron chi connectivity index (χ3n) is 8.81. The Morgan fingerprint density at radius 3 is 2.31 bits per heavy atom. The molecule has 1 aromatic carbocycles. The van der Waals surface area contributed by atoms with Crippen LogP contribution in [0.2, 0.25) is 0 Å². The van der Waals surface area contributed by atoms with Gasteiger partial charge in [-0.1, -0.05) is 0 Å². The van der Waals surface area contributed by atoms with Crippen molar-refractivity contribution >= 4 is 5.97 Å². The van der Waals surface area contributed by atoms with E-state index in [2.05, 4.69) is 0 Å². The van der Waals surface area contributed by atoms with Crippen LogP contribution in [0.3, 0.4) is 0 Å².